The topological polar surface area (TPSA) is 49.0 Å². The highest BCUT2D eigenvalue weighted by atomic mass is 16.5. The summed E-state index contributed by atoms with van der Waals surface area (Å²) in [6.45, 7) is 5.87. The summed E-state index contributed by atoms with van der Waals surface area (Å²) in [5.41, 5.74) is 0.809. The average Bonchev–Trinajstić information content (AvgIpc) is 2.53. The molecule has 1 saturated heterocycles. The maximum Gasteiger partial charge on any atom is 0.164 e. The van der Waals surface area contributed by atoms with Gasteiger partial charge in [0.25, 0.3) is 0 Å². The van der Waals surface area contributed by atoms with Crippen molar-refractivity contribution in [3.63, 3.8) is 0 Å². The first kappa shape index (κ1) is 15.9. The van der Waals surface area contributed by atoms with Crippen LogP contribution >= 0.6 is 0 Å². The van der Waals surface area contributed by atoms with Crippen LogP contribution in [0.5, 0.6) is 17.2 Å². The second kappa shape index (κ2) is 6.54. The molecule has 0 amide bonds. The van der Waals surface area contributed by atoms with E-state index < -0.39 is 0 Å². The number of benzene rings is 1. The van der Waals surface area contributed by atoms with Gasteiger partial charge in [-0.2, -0.15) is 0 Å². The lowest BCUT2D eigenvalue weighted by Gasteiger charge is -2.39. The number of rotatable bonds is 5. The van der Waals surface area contributed by atoms with E-state index in [-0.39, 0.29) is 11.7 Å². The zero-order valence-electron chi connectivity index (χ0n) is 13.5. The Morgan fingerprint density at radius 3 is 2.33 bits per heavy atom. The van der Waals surface area contributed by atoms with Crippen LogP contribution in [0.4, 0.5) is 0 Å². The van der Waals surface area contributed by atoms with Crippen LogP contribution in [0.3, 0.4) is 0 Å². The number of ether oxygens (including phenoxy) is 4. The minimum absolute atomic E-state index is 0.0709. The molecule has 1 heterocycles. The van der Waals surface area contributed by atoms with Crippen molar-refractivity contribution in [2.75, 3.05) is 34.4 Å². The monoisotopic (exact) mass is 295 g/mol. The highest BCUT2D eigenvalue weighted by Crippen LogP contribution is 2.40. The number of nitrogens with one attached hydrogen (secondary N) is 1. The second-order valence-corrected chi connectivity index (χ2v) is 5.49. The van der Waals surface area contributed by atoms with E-state index in [1.807, 2.05) is 12.1 Å². The molecular weight excluding hydrogens is 270 g/mol. The first-order valence-corrected chi connectivity index (χ1v) is 7.25. The molecule has 0 saturated carbocycles. The quantitative estimate of drug-likeness (QED) is 0.904. The van der Waals surface area contributed by atoms with Crippen LogP contribution in [0.2, 0.25) is 0 Å². The lowest BCUT2D eigenvalue weighted by atomic mass is 9.98. The zero-order valence-corrected chi connectivity index (χ0v) is 13.5. The Hall–Kier alpha value is -1.46. The Kier molecular flexibility index (Phi) is 4.96. The van der Waals surface area contributed by atoms with E-state index in [0.29, 0.717) is 11.5 Å². The number of methoxy groups -OCH3 is 3. The molecule has 118 valence electrons. The summed E-state index contributed by atoms with van der Waals surface area (Å²) in [4.78, 5) is 0. The van der Waals surface area contributed by atoms with Crippen molar-refractivity contribution in [2.24, 2.45) is 0 Å². The average molecular weight is 295 g/mol. The first-order valence-electron chi connectivity index (χ1n) is 7.25. The molecule has 1 aliphatic heterocycles. The summed E-state index contributed by atoms with van der Waals surface area (Å²) >= 11 is 0. The summed E-state index contributed by atoms with van der Waals surface area (Å²) in [5.74, 6) is 2.08. The third-order valence-corrected chi connectivity index (χ3v) is 4.09. The minimum Gasteiger partial charge on any atom is -0.496 e. The molecule has 0 spiro atoms. The van der Waals surface area contributed by atoms with Crippen molar-refractivity contribution in [1.29, 1.82) is 0 Å². The van der Waals surface area contributed by atoms with Gasteiger partial charge in [0.05, 0.1) is 33.0 Å². The SMILES string of the molecule is CCC1(C)CNCC(c2cc(OC)c(OC)cc2OC)O1. The molecule has 1 N–H and O–H groups in total. The van der Waals surface area contributed by atoms with E-state index in [0.717, 1.165) is 30.8 Å². The number of morpholine rings is 1. The molecule has 1 fully saturated rings. The molecule has 1 aromatic carbocycles. The van der Waals surface area contributed by atoms with Crippen molar-refractivity contribution < 1.29 is 18.9 Å². The van der Waals surface area contributed by atoms with E-state index in [1.165, 1.54) is 0 Å². The van der Waals surface area contributed by atoms with Gasteiger partial charge in [0.1, 0.15) is 5.75 Å². The number of hydrogen-bond acceptors (Lipinski definition) is 5. The third kappa shape index (κ3) is 3.24. The fourth-order valence-electron chi connectivity index (χ4n) is 2.58. The fourth-order valence-corrected chi connectivity index (χ4v) is 2.58. The van der Waals surface area contributed by atoms with Crippen molar-refractivity contribution in [3.8, 4) is 17.2 Å². The van der Waals surface area contributed by atoms with Crippen LogP contribution in [0.1, 0.15) is 31.9 Å². The Morgan fingerprint density at radius 1 is 1.14 bits per heavy atom. The predicted octanol–water partition coefficient (Wildman–Crippen LogP) is 2.54. The van der Waals surface area contributed by atoms with E-state index in [4.69, 9.17) is 18.9 Å². The van der Waals surface area contributed by atoms with Crippen LogP contribution in [0, 0.1) is 0 Å². The molecule has 0 radical (unpaired) electrons. The van der Waals surface area contributed by atoms with Crippen LogP contribution in [0.25, 0.3) is 0 Å². The predicted molar refractivity (Wildman–Crippen MR) is 81.5 cm³/mol. The minimum atomic E-state index is -0.166. The fraction of sp³-hybridized carbons (Fsp3) is 0.625. The van der Waals surface area contributed by atoms with Gasteiger partial charge in [-0.1, -0.05) is 6.92 Å². The normalized spacial score (nSPS) is 25.5. The van der Waals surface area contributed by atoms with Crippen molar-refractivity contribution in [1.82, 2.24) is 5.32 Å². The van der Waals surface area contributed by atoms with E-state index in [9.17, 15) is 0 Å². The highest BCUT2D eigenvalue weighted by molar-refractivity contribution is 5.51. The molecule has 1 aliphatic rings. The molecule has 2 atom stereocenters. The van der Waals surface area contributed by atoms with Gasteiger partial charge in [-0.15, -0.1) is 0 Å². The van der Waals surface area contributed by atoms with Gasteiger partial charge in [-0.05, 0) is 19.4 Å². The molecule has 5 nitrogen and oxygen atoms in total. The Labute approximate surface area is 126 Å². The van der Waals surface area contributed by atoms with Gasteiger partial charge in [0.15, 0.2) is 11.5 Å². The summed E-state index contributed by atoms with van der Waals surface area (Å²) < 4.78 is 22.5. The smallest absolute Gasteiger partial charge is 0.164 e. The summed E-state index contributed by atoms with van der Waals surface area (Å²) in [5, 5.41) is 3.44. The summed E-state index contributed by atoms with van der Waals surface area (Å²) in [6, 6.07) is 3.78. The molecule has 2 unspecified atom stereocenters. The molecule has 0 aromatic heterocycles. The van der Waals surface area contributed by atoms with Gasteiger partial charge in [-0.3, -0.25) is 0 Å². The van der Waals surface area contributed by atoms with Crippen molar-refractivity contribution in [2.45, 2.75) is 32.0 Å². The molecule has 5 heteroatoms. The zero-order chi connectivity index (χ0) is 15.5. The second-order valence-electron chi connectivity index (χ2n) is 5.49. The maximum absolute atomic E-state index is 6.29. The molecule has 2 rings (SSSR count). The van der Waals surface area contributed by atoms with Gasteiger partial charge < -0.3 is 24.3 Å². The summed E-state index contributed by atoms with van der Waals surface area (Å²) in [7, 11) is 4.90. The van der Waals surface area contributed by atoms with Gasteiger partial charge >= 0.3 is 0 Å². The Balaban J connectivity index is 2.37. The standard InChI is InChI=1S/C16H25NO4/c1-6-16(2)10-17-9-15(21-16)11-7-13(19-4)14(20-5)8-12(11)18-3/h7-8,15,17H,6,9-10H2,1-5H3. The lowest BCUT2D eigenvalue weighted by Crippen LogP contribution is -2.48. The Bertz CT molecular complexity index is 491. The molecule has 0 bridgehead atoms. The van der Waals surface area contributed by atoms with Gasteiger partial charge in [-0.25, -0.2) is 0 Å². The highest BCUT2D eigenvalue weighted by Gasteiger charge is 2.33. The first-order chi connectivity index (χ1) is 10.1. The van der Waals surface area contributed by atoms with Crippen molar-refractivity contribution in [3.05, 3.63) is 17.7 Å². The van der Waals surface area contributed by atoms with Crippen molar-refractivity contribution >= 4 is 0 Å². The Morgan fingerprint density at radius 2 is 1.76 bits per heavy atom. The molecule has 0 aliphatic carbocycles. The van der Waals surface area contributed by atoms with Crippen LogP contribution in [-0.2, 0) is 4.74 Å². The lowest BCUT2D eigenvalue weighted by molar-refractivity contribution is -0.109. The van der Waals surface area contributed by atoms with E-state index in [2.05, 4.69) is 19.2 Å². The molecule has 1 aromatic rings. The van der Waals surface area contributed by atoms with Crippen LogP contribution in [-0.4, -0.2) is 40.0 Å². The third-order valence-electron chi connectivity index (χ3n) is 4.09. The summed E-state index contributed by atoms with van der Waals surface area (Å²) in [6.07, 6.45) is 0.880. The van der Waals surface area contributed by atoms with Crippen LogP contribution < -0.4 is 19.5 Å². The van der Waals surface area contributed by atoms with E-state index in [1.54, 1.807) is 21.3 Å². The number of hydrogen-bond donors (Lipinski definition) is 1. The molecular formula is C16H25NO4. The van der Waals surface area contributed by atoms with Gasteiger partial charge in [0, 0.05) is 24.7 Å². The van der Waals surface area contributed by atoms with Gasteiger partial charge in [0.2, 0.25) is 0 Å². The van der Waals surface area contributed by atoms with E-state index >= 15 is 0 Å². The van der Waals surface area contributed by atoms with Crippen LogP contribution in [0.15, 0.2) is 12.1 Å². The molecule has 21 heavy (non-hydrogen) atoms. The largest absolute Gasteiger partial charge is 0.496 e. The maximum atomic E-state index is 6.29.